The number of nitrogens with zero attached hydrogens (tertiary/aromatic N) is 1. The van der Waals surface area contributed by atoms with E-state index in [1.165, 1.54) is 12.1 Å². The van der Waals surface area contributed by atoms with Crippen LogP contribution < -0.4 is 9.64 Å². The van der Waals surface area contributed by atoms with Gasteiger partial charge in [0.25, 0.3) is 5.91 Å². The second-order valence-corrected chi connectivity index (χ2v) is 7.44. The van der Waals surface area contributed by atoms with Crippen LogP contribution in [0.1, 0.15) is 16.8 Å². The van der Waals surface area contributed by atoms with Crippen molar-refractivity contribution in [3.05, 3.63) is 54.1 Å². The number of rotatable bonds is 2. The van der Waals surface area contributed by atoms with Gasteiger partial charge in [0.2, 0.25) is 0 Å². The van der Waals surface area contributed by atoms with Crippen LogP contribution in [0.15, 0.2) is 53.4 Å². The van der Waals surface area contributed by atoms with Crippen molar-refractivity contribution >= 4 is 21.4 Å². The van der Waals surface area contributed by atoms with E-state index in [-0.39, 0.29) is 10.8 Å². The first-order valence-electron chi connectivity index (χ1n) is 7.30. The van der Waals surface area contributed by atoms with Crippen molar-refractivity contribution in [2.75, 3.05) is 24.3 Å². The molecule has 2 aromatic carbocycles. The van der Waals surface area contributed by atoms with Gasteiger partial charge in [0.15, 0.2) is 9.84 Å². The van der Waals surface area contributed by atoms with Gasteiger partial charge in [0.05, 0.1) is 17.2 Å². The van der Waals surface area contributed by atoms with Crippen molar-refractivity contribution in [2.45, 2.75) is 11.3 Å². The molecule has 3 rings (SSSR count). The normalized spacial score (nSPS) is 14.6. The fraction of sp³-hybridized carbons (Fsp3) is 0.235. The van der Waals surface area contributed by atoms with E-state index in [0.29, 0.717) is 24.5 Å². The number of benzene rings is 2. The lowest BCUT2D eigenvalue weighted by Gasteiger charge is -2.21. The Morgan fingerprint density at radius 1 is 1.09 bits per heavy atom. The molecule has 0 atom stereocenters. The van der Waals surface area contributed by atoms with Crippen molar-refractivity contribution in [1.29, 1.82) is 0 Å². The first kappa shape index (κ1) is 15.6. The predicted octanol–water partition coefficient (Wildman–Crippen LogP) is 2.52. The second-order valence-electron chi connectivity index (χ2n) is 5.42. The van der Waals surface area contributed by atoms with Gasteiger partial charge in [0.1, 0.15) is 5.75 Å². The molecule has 23 heavy (non-hydrogen) atoms. The van der Waals surface area contributed by atoms with E-state index in [9.17, 15) is 13.2 Å². The molecule has 0 fully saturated rings. The number of hydrogen-bond acceptors (Lipinski definition) is 4. The first-order chi connectivity index (χ1) is 11.0. The van der Waals surface area contributed by atoms with E-state index in [1.807, 2.05) is 24.3 Å². The van der Waals surface area contributed by atoms with Gasteiger partial charge >= 0.3 is 0 Å². The molecule has 0 radical (unpaired) electrons. The fourth-order valence-electron chi connectivity index (χ4n) is 2.54. The van der Waals surface area contributed by atoms with Gasteiger partial charge in [-0.15, -0.1) is 0 Å². The van der Waals surface area contributed by atoms with Gasteiger partial charge in [-0.1, -0.05) is 12.1 Å². The van der Waals surface area contributed by atoms with Crippen LogP contribution in [0.25, 0.3) is 0 Å². The summed E-state index contributed by atoms with van der Waals surface area (Å²) in [5.41, 5.74) is 1.19. The molecule has 0 aromatic heterocycles. The molecule has 120 valence electrons. The summed E-state index contributed by atoms with van der Waals surface area (Å²) in [7, 11) is -3.27. The molecule has 0 N–H and O–H groups in total. The number of para-hydroxylation sites is 2. The van der Waals surface area contributed by atoms with Crippen LogP contribution in [0.4, 0.5) is 5.69 Å². The molecule has 5 nitrogen and oxygen atoms in total. The minimum absolute atomic E-state index is 0.164. The number of hydrogen-bond donors (Lipinski definition) is 0. The Labute approximate surface area is 135 Å². The van der Waals surface area contributed by atoms with Gasteiger partial charge in [-0.25, -0.2) is 8.42 Å². The number of ether oxygens (including phenoxy) is 1. The van der Waals surface area contributed by atoms with Crippen molar-refractivity contribution < 1.29 is 17.9 Å². The highest BCUT2D eigenvalue weighted by molar-refractivity contribution is 7.90. The number of sulfone groups is 1. The molecule has 1 aliphatic rings. The highest BCUT2D eigenvalue weighted by Gasteiger charge is 2.23. The van der Waals surface area contributed by atoms with E-state index in [2.05, 4.69) is 0 Å². The van der Waals surface area contributed by atoms with Crippen LogP contribution in [-0.4, -0.2) is 33.7 Å². The molecule has 0 saturated carbocycles. The molecule has 1 amide bonds. The predicted molar refractivity (Wildman–Crippen MR) is 87.8 cm³/mol. The average molecular weight is 331 g/mol. The highest BCUT2D eigenvalue weighted by Crippen LogP contribution is 2.31. The van der Waals surface area contributed by atoms with Gasteiger partial charge in [-0.05, 0) is 42.8 Å². The second kappa shape index (κ2) is 6.04. The van der Waals surface area contributed by atoms with Crippen LogP contribution in [0, 0.1) is 0 Å². The minimum Gasteiger partial charge on any atom is -0.491 e. The zero-order chi connectivity index (χ0) is 16.4. The number of amides is 1. The zero-order valence-corrected chi connectivity index (χ0v) is 13.5. The summed E-state index contributed by atoms with van der Waals surface area (Å²) in [4.78, 5) is 14.7. The van der Waals surface area contributed by atoms with Crippen LogP contribution >= 0.6 is 0 Å². The fourth-order valence-corrected chi connectivity index (χ4v) is 3.17. The zero-order valence-electron chi connectivity index (χ0n) is 12.7. The lowest BCUT2D eigenvalue weighted by Crippen LogP contribution is -2.31. The summed E-state index contributed by atoms with van der Waals surface area (Å²) >= 11 is 0. The van der Waals surface area contributed by atoms with Crippen LogP contribution in [0.3, 0.4) is 0 Å². The third-order valence-corrected chi connectivity index (χ3v) is 4.84. The number of anilines is 1. The third kappa shape index (κ3) is 3.22. The van der Waals surface area contributed by atoms with Crippen molar-refractivity contribution in [1.82, 2.24) is 0 Å². The number of fused-ring (bicyclic) bond motifs is 1. The van der Waals surface area contributed by atoms with E-state index in [4.69, 9.17) is 4.74 Å². The van der Waals surface area contributed by atoms with E-state index in [0.717, 1.165) is 18.4 Å². The topological polar surface area (TPSA) is 63.7 Å². The molecular weight excluding hydrogens is 314 g/mol. The summed E-state index contributed by atoms with van der Waals surface area (Å²) in [6.45, 7) is 1.12. The Morgan fingerprint density at radius 3 is 2.48 bits per heavy atom. The lowest BCUT2D eigenvalue weighted by molar-refractivity contribution is 0.0987. The molecule has 1 aliphatic heterocycles. The molecule has 6 heteroatoms. The van der Waals surface area contributed by atoms with Crippen molar-refractivity contribution in [3.8, 4) is 5.75 Å². The lowest BCUT2D eigenvalue weighted by atomic mass is 10.1. The van der Waals surface area contributed by atoms with Gasteiger partial charge < -0.3 is 9.64 Å². The van der Waals surface area contributed by atoms with Gasteiger partial charge in [-0.2, -0.15) is 0 Å². The minimum atomic E-state index is -3.27. The summed E-state index contributed by atoms with van der Waals surface area (Å²) < 4.78 is 28.7. The SMILES string of the molecule is CS(=O)(=O)c1ccc(C(=O)N2CCCOc3ccccc32)cc1. The van der Waals surface area contributed by atoms with Crippen molar-refractivity contribution in [3.63, 3.8) is 0 Å². The molecule has 0 unspecified atom stereocenters. The summed E-state index contributed by atoms with van der Waals surface area (Å²) in [6, 6.07) is 13.4. The van der Waals surface area contributed by atoms with E-state index in [1.54, 1.807) is 17.0 Å². The van der Waals surface area contributed by atoms with E-state index >= 15 is 0 Å². The average Bonchev–Trinajstić information content (AvgIpc) is 2.76. The van der Waals surface area contributed by atoms with E-state index < -0.39 is 9.84 Å². The first-order valence-corrected chi connectivity index (χ1v) is 9.20. The highest BCUT2D eigenvalue weighted by atomic mass is 32.2. The Hall–Kier alpha value is -2.34. The van der Waals surface area contributed by atoms with Gasteiger partial charge in [-0.3, -0.25) is 4.79 Å². The van der Waals surface area contributed by atoms with Crippen LogP contribution in [-0.2, 0) is 9.84 Å². The molecular formula is C17H17NO4S. The molecule has 0 spiro atoms. The molecule has 2 aromatic rings. The maximum Gasteiger partial charge on any atom is 0.258 e. The maximum atomic E-state index is 12.8. The summed E-state index contributed by atoms with van der Waals surface area (Å²) in [6.07, 6.45) is 1.88. The van der Waals surface area contributed by atoms with Gasteiger partial charge in [0, 0.05) is 18.4 Å². The molecule has 0 saturated heterocycles. The maximum absolute atomic E-state index is 12.8. The smallest absolute Gasteiger partial charge is 0.258 e. The Kier molecular flexibility index (Phi) is 4.09. The molecule has 0 bridgehead atoms. The Balaban J connectivity index is 1.94. The standard InChI is InChI=1S/C17H17NO4S/c1-23(20,21)14-9-7-13(8-10-14)17(19)18-11-4-12-22-16-6-3-2-5-15(16)18/h2-3,5-10H,4,11-12H2,1H3. The quantitative estimate of drug-likeness (QED) is 0.848. The Bertz CT molecular complexity index is 828. The molecule has 1 heterocycles. The van der Waals surface area contributed by atoms with Crippen LogP contribution in [0.2, 0.25) is 0 Å². The van der Waals surface area contributed by atoms with Crippen LogP contribution in [0.5, 0.6) is 5.75 Å². The number of carbonyl (C=O) groups is 1. The summed E-state index contributed by atoms with van der Waals surface area (Å²) in [5, 5.41) is 0. The third-order valence-electron chi connectivity index (χ3n) is 3.71. The molecule has 0 aliphatic carbocycles. The Morgan fingerprint density at radius 2 is 1.78 bits per heavy atom. The monoisotopic (exact) mass is 331 g/mol. The van der Waals surface area contributed by atoms with Crippen molar-refractivity contribution in [2.24, 2.45) is 0 Å². The largest absolute Gasteiger partial charge is 0.491 e. The number of carbonyl (C=O) groups excluding carboxylic acids is 1. The summed E-state index contributed by atoms with van der Waals surface area (Å²) in [5.74, 6) is 0.522.